The lowest BCUT2D eigenvalue weighted by Crippen LogP contribution is -2.24. The van der Waals surface area contributed by atoms with E-state index in [1.165, 1.54) is 18.4 Å². The maximum absolute atomic E-state index is 12.4. The molecule has 0 bridgehead atoms. The fourth-order valence-electron chi connectivity index (χ4n) is 2.28. The summed E-state index contributed by atoms with van der Waals surface area (Å²) in [5, 5.41) is 5.00. The van der Waals surface area contributed by atoms with Gasteiger partial charge in [-0.2, -0.15) is 0 Å². The molecule has 10 heteroatoms. The number of nitrogens with one attached hydrogen (secondary N) is 1. The van der Waals surface area contributed by atoms with Gasteiger partial charge in [0.1, 0.15) is 5.69 Å². The molecule has 0 radical (unpaired) electrons. The molecule has 3 N–H and O–H groups in total. The molecule has 26 heavy (non-hydrogen) atoms. The molecule has 1 aromatic carbocycles. The van der Waals surface area contributed by atoms with Crippen LogP contribution in [0.15, 0.2) is 75.2 Å². The van der Waals surface area contributed by atoms with Crippen LogP contribution in [0.3, 0.4) is 0 Å². The van der Waals surface area contributed by atoms with Crippen LogP contribution in [-0.4, -0.2) is 21.8 Å². The topological polar surface area (TPSA) is 132 Å². The van der Waals surface area contributed by atoms with E-state index in [1.807, 2.05) is 0 Å². The molecule has 8 nitrogen and oxygen atoms in total. The average molecular weight is 393 g/mol. The van der Waals surface area contributed by atoms with Crippen molar-refractivity contribution in [3.05, 3.63) is 66.6 Å². The van der Waals surface area contributed by atoms with Gasteiger partial charge in [-0.15, -0.1) is 0 Å². The van der Waals surface area contributed by atoms with E-state index in [9.17, 15) is 16.8 Å². The second kappa shape index (κ2) is 7.00. The quantitative estimate of drug-likeness (QED) is 0.652. The predicted molar refractivity (Wildman–Crippen MR) is 93.8 cm³/mol. The van der Waals surface area contributed by atoms with E-state index in [1.54, 1.807) is 30.5 Å². The van der Waals surface area contributed by atoms with Crippen LogP contribution in [0.2, 0.25) is 0 Å². The number of hydrogen-bond acceptors (Lipinski definition) is 6. The Kier molecular flexibility index (Phi) is 4.92. The van der Waals surface area contributed by atoms with E-state index in [2.05, 4.69) is 9.71 Å². The van der Waals surface area contributed by atoms with Gasteiger partial charge in [0.15, 0.2) is 5.76 Å². The second-order valence-corrected chi connectivity index (χ2v) is 8.66. The maximum Gasteiger partial charge on any atom is 0.240 e. The number of furan rings is 1. The van der Waals surface area contributed by atoms with E-state index in [0.717, 1.165) is 12.1 Å². The summed E-state index contributed by atoms with van der Waals surface area (Å²) in [6, 6.07) is 11.5. The number of sulfonamides is 2. The summed E-state index contributed by atoms with van der Waals surface area (Å²) in [6.07, 6.45) is 3.09. The highest BCUT2D eigenvalue weighted by molar-refractivity contribution is 7.89. The van der Waals surface area contributed by atoms with Crippen LogP contribution < -0.4 is 9.86 Å². The molecule has 0 atom stereocenters. The molecule has 0 unspecified atom stereocenters. The van der Waals surface area contributed by atoms with Crippen LogP contribution in [0.4, 0.5) is 0 Å². The molecular formula is C16H15N3O5S2. The SMILES string of the molecule is NS(=O)(=O)c1ccc(S(=O)(=O)NCc2cccnc2-c2ccco2)cc1. The number of rotatable bonds is 6. The van der Waals surface area contributed by atoms with Gasteiger partial charge in [-0.3, -0.25) is 4.98 Å². The van der Waals surface area contributed by atoms with Crippen LogP contribution in [0.5, 0.6) is 0 Å². The summed E-state index contributed by atoms with van der Waals surface area (Å²) in [5.74, 6) is 0.525. The van der Waals surface area contributed by atoms with E-state index >= 15 is 0 Å². The minimum Gasteiger partial charge on any atom is -0.463 e. The molecule has 0 fully saturated rings. The molecule has 0 aliphatic carbocycles. The molecule has 0 aliphatic rings. The Morgan fingerprint density at radius 3 is 2.27 bits per heavy atom. The van der Waals surface area contributed by atoms with Crippen LogP contribution in [-0.2, 0) is 26.6 Å². The van der Waals surface area contributed by atoms with E-state index < -0.39 is 20.0 Å². The Hall–Kier alpha value is -2.53. The minimum atomic E-state index is -3.88. The molecule has 136 valence electrons. The van der Waals surface area contributed by atoms with Gasteiger partial charge < -0.3 is 4.42 Å². The molecule has 0 aliphatic heterocycles. The molecule has 0 saturated heterocycles. The third-order valence-corrected chi connectivity index (χ3v) is 5.91. The molecule has 0 saturated carbocycles. The highest BCUT2D eigenvalue weighted by atomic mass is 32.2. The van der Waals surface area contributed by atoms with Crippen molar-refractivity contribution in [2.24, 2.45) is 5.14 Å². The summed E-state index contributed by atoms with van der Waals surface area (Å²) < 4.78 is 55.1. The summed E-state index contributed by atoms with van der Waals surface area (Å²) >= 11 is 0. The lowest BCUT2D eigenvalue weighted by atomic mass is 10.1. The number of primary sulfonamides is 1. The van der Waals surface area contributed by atoms with Crippen molar-refractivity contribution < 1.29 is 21.3 Å². The van der Waals surface area contributed by atoms with Gasteiger partial charge in [0.2, 0.25) is 20.0 Å². The lowest BCUT2D eigenvalue weighted by Gasteiger charge is -2.09. The molecule has 3 aromatic rings. The van der Waals surface area contributed by atoms with Gasteiger partial charge in [0.05, 0.1) is 16.1 Å². The predicted octanol–water partition coefficient (Wildman–Crippen LogP) is 1.47. The Bertz CT molecular complexity index is 1110. The Labute approximate surface area is 150 Å². The fraction of sp³-hybridized carbons (Fsp3) is 0.0625. The highest BCUT2D eigenvalue weighted by Crippen LogP contribution is 2.22. The van der Waals surface area contributed by atoms with Crippen LogP contribution in [0, 0.1) is 0 Å². The molecule has 2 heterocycles. The summed E-state index contributed by atoms with van der Waals surface area (Å²) in [5.41, 5.74) is 1.16. The number of nitrogens with zero attached hydrogens (tertiary/aromatic N) is 1. The van der Waals surface area contributed by atoms with Crippen molar-refractivity contribution >= 4 is 20.0 Å². The smallest absolute Gasteiger partial charge is 0.240 e. The fourth-order valence-corrected chi connectivity index (χ4v) is 3.80. The van der Waals surface area contributed by atoms with Crippen LogP contribution in [0.1, 0.15) is 5.56 Å². The Morgan fingerprint density at radius 2 is 1.65 bits per heavy atom. The number of benzene rings is 1. The lowest BCUT2D eigenvalue weighted by molar-refractivity contribution is 0.575. The summed E-state index contributed by atoms with van der Waals surface area (Å²) in [6.45, 7) is -0.0108. The van der Waals surface area contributed by atoms with E-state index in [4.69, 9.17) is 9.56 Å². The van der Waals surface area contributed by atoms with Gasteiger partial charge in [0.25, 0.3) is 0 Å². The normalized spacial score (nSPS) is 12.2. The third-order valence-electron chi connectivity index (χ3n) is 3.56. The van der Waals surface area contributed by atoms with Crippen molar-refractivity contribution in [2.45, 2.75) is 16.3 Å². The summed E-state index contributed by atoms with van der Waals surface area (Å²) in [4.78, 5) is 3.99. The largest absolute Gasteiger partial charge is 0.463 e. The highest BCUT2D eigenvalue weighted by Gasteiger charge is 2.17. The Balaban J connectivity index is 1.82. The first-order valence-electron chi connectivity index (χ1n) is 7.38. The number of hydrogen-bond donors (Lipinski definition) is 2. The van der Waals surface area contributed by atoms with Gasteiger partial charge in [-0.1, -0.05) is 6.07 Å². The molecular weight excluding hydrogens is 378 g/mol. The van der Waals surface area contributed by atoms with Gasteiger partial charge in [-0.25, -0.2) is 26.7 Å². The van der Waals surface area contributed by atoms with Crippen molar-refractivity contribution in [3.8, 4) is 11.5 Å². The zero-order chi connectivity index (χ0) is 18.8. The first-order valence-corrected chi connectivity index (χ1v) is 10.4. The van der Waals surface area contributed by atoms with Crippen LogP contribution in [0.25, 0.3) is 11.5 Å². The van der Waals surface area contributed by atoms with E-state index in [0.29, 0.717) is 17.0 Å². The monoisotopic (exact) mass is 393 g/mol. The van der Waals surface area contributed by atoms with Gasteiger partial charge in [-0.05, 0) is 48.0 Å². The zero-order valence-corrected chi connectivity index (χ0v) is 15.0. The van der Waals surface area contributed by atoms with Crippen molar-refractivity contribution in [2.75, 3.05) is 0 Å². The first kappa shape index (κ1) is 18.3. The summed E-state index contributed by atoms with van der Waals surface area (Å²) in [7, 11) is -7.74. The van der Waals surface area contributed by atoms with E-state index in [-0.39, 0.29) is 16.3 Å². The second-order valence-electron chi connectivity index (χ2n) is 5.33. The standard InChI is InChI=1S/C16H15N3O5S2/c17-25(20,21)13-5-7-14(8-6-13)26(22,23)19-11-12-3-1-9-18-16(12)15-4-2-10-24-15/h1-10,19H,11H2,(H2,17,20,21). The average Bonchev–Trinajstić information content (AvgIpc) is 3.14. The molecule has 2 aromatic heterocycles. The number of nitrogens with two attached hydrogens (primary N) is 1. The number of pyridine rings is 1. The minimum absolute atomic E-state index is 0.0108. The van der Waals surface area contributed by atoms with Crippen molar-refractivity contribution in [1.82, 2.24) is 9.71 Å². The molecule has 0 spiro atoms. The third kappa shape index (κ3) is 3.99. The van der Waals surface area contributed by atoms with Crippen molar-refractivity contribution in [1.29, 1.82) is 0 Å². The molecule has 0 amide bonds. The van der Waals surface area contributed by atoms with Crippen molar-refractivity contribution in [3.63, 3.8) is 0 Å². The zero-order valence-electron chi connectivity index (χ0n) is 13.4. The van der Waals surface area contributed by atoms with Gasteiger partial charge in [0, 0.05) is 12.7 Å². The van der Waals surface area contributed by atoms with Crippen LogP contribution >= 0.6 is 0 Å². The maximum atomic E-state index is 12.4. The Morgan fingerprint density at radius 1 is 0.962 bits per heavy atom. The number of aromatic nitrogens is 1. The van der Waals surface area contributed by atoms with Gasteiger partial charge >= 0.3 is 0 Å². The first-order chi connectivity index (χ1) is 12.3. The molecule has 3 rings (SSSR count).